The average molecular weight is 485 g/mol. The SMILES string of the molecule is CC(=O)N[C@@H](C)c1ccc(O[C@@H]2CCN(c3ncnc(N4CC(F)(F)C(F)(F)C4)c3F)C2)cc1. The van der Waals surface area contributed by atoms with E-state index in [2.05, 4.69) is 15.3 Å². The largest absolute Gasteiger partial charge is 0.489 e. The summed E-state index contributed by atoms with van der Waals surface area (Å²) in [6, 6.07) is 7.06. The molecule has 2 aliphatic heterocycles. The molecule has 7 nitrogen and oxygen atoms in total. The number of halogens is 5. The molecule has 0 bridgehead atoms. The second kappa shape index (κ2) is 8.88. The van der Waals surface area contributed by atoms with Gasteiger partial charge in [0, 0.05) is 19.9 Å². The Labute approximate surface area is 192 Å². The number of carbonyl (C=O) groups excluding carboxylic acids is 1. The molecule has 0 saturated carbocycles. The molecule has 2 aromatic rings. The first-order chi connectivity index (χ1) is 16.0. The highest BCUT2D eigenvalue weighted by Crippen LogP contribution is 2.43. The Kier molecular flexibility index (Phi) is 6.26. The Morgan fingerprint density at radius 3 is 2.26 bits per heavy atom. The number of amides is 1. The van der Waals surface area contributed by atoms with E-state index in [1.54, 1.807) is 17.0 Å². The van der Waals surface area contributed by atoms with Gasteiger partial charge >= 0.3 is 11.8 Å². The van der Waals surface area contributed by atoms with Crippen molar-refractivity contribution in [1.82, 2.24) is 15.3 Å². The first-order valence-corrected chi connectivity index (χ1v) is 10.8. The molecular formula is C22H24F5N5O2. The first kappa shape index (κ1) is 24.0. The zero-order valence-electron chi connectivity index (χ0n) is 18.6. The van der Waals surface area contributed by atoms with E-state index in [1.165, 1.54) is 6.92 Å². The maximum Gasteiger partial charge on any atom is 0.329 e. The highest BCUT2D eigenvalue weighted by Gasteiger charge is 2.63. The van der Waals surface area contributed by atoms with Crippen LogP contribution in [0.15, 0.2) is 30.6 Å². The Morgan fingerprint density at radius 1 is 1.09 bits per heavy atom. The number of ether oxygens (including phenoxy) is 1. The molecule has 1 N–H and O–H groups in total. The molecule has 0 aliphatic carbocycles. The van der Waals surface area contributed by atoms with Crippen LogP contribution in [0.5, 0.6) is 5.75 Å². The molecule has 2 atom stereocenters. The third kappa shape index (κ3) is 4.71. The second-order valence-electron chi connectivity index (χ2n) is 8.57. The van der Waals surface area contributed by atoms with Crippen LogP contribution in [0.2, 0.25) is 0 Å². The van der Waals surface area contributed by atoms with E-state index < -0.39 is 36.6 Å². The summed E-state index contributed by atoms with van der Waals surface area (Å²) in [5.41, 5.74) is 0.907. The Morgan fingerprint density at radius 2 is 1.68 bits per heavy atom. The maximum absolute atomic E-state index is 15.1. The number of nitrogens with one attached hydrogen (secondary N) is 1. The van der Waals surface area contributed by atoms with E-state index >= 15 is 4.39 Å². The highest BCUT2D eigenvalue weighted by molar-refractivity contribution is 5.73. The van der Waals surface area contributed by atoms with Crippen LogP contribution < -0.4 is 19.9 Å². The molecule has 0 unspecified atom stereocenters. The van der Waals surface area contributed by atoms with Crippen LogP contribution in [0.4, 0.5) is 33.6 Å². The fraction of sp³-hybridized carbons (Fsp3) is 0.500. The number of benzene rings is 1. The zero-order valence-corrected chi connectivity index (χ0v) is 18.6. The lowest BCUT2D eigenvalue weighted by Gasteiger charge is -2.22. The van der Waals surface area contributed by atoms with E-state index in [4.69, 9.17) is 4.74 Å². The molecule has 34 heavy (non-hydrogen) atoms. The van der Waals surface area contributed by atoms with Gasteiger partial charge in [0.25, 0.3) is 0 Å². The van der Waals surface area contributed by atoms with Crippen molar-refractivity contribution in [1.29, 1.82) is 0 Å². The number of rotatable bonds is 6. The topological polar surface area (TPSA) is 70.6 Å². The number of hydrogen-bond donors (Lipinski definition) is 1. The monoisotopic (exact) mass is 485 g/mol. The van der Waals surface area contributed by atoms with Gasteiger partial charge in [0.15, 0.2) is 11.6 Å². The van der Waals surface area contributed by atoms with Gasteiger partial charge in [-0.3, -0.25) is 4.79 Å². The third-order valence-corrected chi connectivity index (χ3v) is 5.91. The van der Waals surface area contributed by atoms with Crippen LogP contribution in [0, 0.1) is 5.82 Å². The number of hydrogen-bond acceptors (Lipinski definition) is 6. The smallest absolute Gasteiger partial charge is 0.329 e. The summed E-state index contributed by atoms with van der Waals surface area (Å²) in [7, 11) is 0. The van der Waals surface area contributed by atoms with E-state index in [0.717, 1.165) is 11.9 Å². The summed E-state index contributed by atoms with van der Waals surface area (Å²) in [5.74, 6) is -9.82. The van der Waals surface area contributed by atoms with Crippen LogP contribution in [-0.2, 0) is 4.79 Å². The van der Waals surface area contributed by atoms with Gasteiger partial charge in [-0.05, 0) is 24.6 Å². The van der Waals surface area contributed by atoms with Crippen molar-refractivity contribution in [3.63, 3.8) is 0 Å². The van der Waals surface area contributed by atoms with Gasteiger partial charge < -0.3 is 19.9 Å². The Hall–Kier alpha value is -3.18. The lowest BCUT2D eigenvalue weighted by atomic mass is 10.1. The summed E-state index contributed by atoms with van der Waals surface area (Å²) in [4.78, 5) is 20.9. The minimum Gasteiger partial charge on any atom is -0.489 e. The minimum absolute atomic E-state index is 0.133. The molecule has 4 rings (SSSR count). The molecule has 1 aromatic heterocycles. The highest BCUT2D eigenvalue weighted by atomic mass is 19.3. The Balaban J connectivity index is 1.41. The molecule has 2 fully saturated rings. The van der Waals surface area contributed by atoms with E-state index in [1.807, 2.05) is 19.1 Å². The summed E-state index contributed by atoms with van der Waals surface area (Å²) >= 11 is 0. The zero-order chi connectivity index (χ0) is 24.7. The maximum atomic E-state index is 15.1. The van der Waals surface area contributed by atoms with Gasteiger partial charge in [0.1, 0.15) is 18.2 Å². The van der Waals surface area contributed by atoms with Crippen molar-refractivity contribution >= 4 is 17.5 Å². The predicted molar refractivity (Wildman–Crippen MR) is 114 cm³/mol. The summed E-state index contributed by atoms with van der Waals surface area (Å²) in [5, 5.41) is 2.79. The van der Waals surface area contributed by atoms with Gasteiger partial charge in [-0.2, -0.15) is 22.0 Å². The van der Waals surface area contributed by atoms with Crippen LogP contribution in [0.1, 0.15) is 31.9 Å². The predicted octanol–water partition coefficient (Wildman–Crippen LogP) is 3.56. The van der Waals surface area contributed by atoms with Crippen molar-refractivity contribution in [2.24, 2.45) is 0 Å². The van der Waals surface area contributed by atoms with Gasteiger partial charge in [-0.25, -0.2) is 9.97 Å². The van der Waals surface area contributed by atoms with E-state index in [0.29, 0.717) is 23.6 Å². The van der Waals surface area contributed by atoms with Crippen molar-refractivity contribution in [2.45, 2.75) is 44.3 Å². The molecule has 2 saturated heterocycles. The standard InChI is InChI=1S/C22H24F5N5O2/c1-13(30-14(2)33)15-3-5-16(6-4-15)34-17-7-8-31(9-17)19-18(23)20(29-12-28-19)32-10-21(24,25)22(26,27)11-32/h3-6,12-13,17H,7-11H2,1-2H3,(H,30,33)/t13-,17+/m0/s1. The molecule has 1 amide bonds. The summed E-state index contributed by atoms with van der Waals surface area (Å²) in [6.45, 7) is 1.30. The first-order valence-electron chi connectivity index (χ1n) is 10.8. The van der Waals surface area contributed by atoms with Gasteiger partial charge in [-0.15, -0.1) is 0 Å². The van der Waals surface area contributed by atoms with Crippen LogP contribution >= 0.6 is 0 Å². The van der Waals surface area contributed by atoms with Gasteiger partial charge in [-0.1, -0.05) is 12.1 Å². The number of nitrogens with zero attached hydrogens (tertiary/aromatic N) is 4. The van der Waals surface area contributed by atoms with Gasteiger partial charge in [0.05, 0.1) is 25.7 Å². The number of alkyl halides is 4. The average Bonchev–Trinajstić information content (AvgIpc) is 3.29. The molecule has 12 heteroatoms. The van der Waals surface area contributed by atoms with Crippen LogP contribution in [-0.4, -0.2) is 60.0 Å². The summed E-state index contributed by atoms with van der Waals surface area (Å²) < 4.78 is 75.3. The summed E-state index contributed by atoms with van der Waals surface area (Å²) in [6.07, 6.45) is 1.23. The molecule has 0 radical (unpaired) electrons. The van der Waals surface area contributed by atoms with Crippen molar-refractivity contribution in [3.8, 4) is 5.75 Å². The molecule has 0 spiro atoms. The number of carbonyl (C=O) groups is 1. The molecule has 184 valence electrons. The molecule has 1 aromatic carbocycles. The molecule has 3 heterocycles. The van der Waals surface area contributed by atoms with Gasteiger partial charge in [0.2, 0.25) is 11.7 Å². The quantitative estimate of drug-likeness (QED) is 0.631. The Bertz CT molecular complexity index is 1040. The lowest BCUT2D eigenvalue weighted by molar-refractivity contribution is -0.172. The molecule has 2 aliphatic rings. The van der Waals surface area contributed by atoms with Crippen LogP contribution in [0.25, 0.3) is 0 Å². The fourth-order valence-corrected chi connectivity index (χ4v) is 4.14. The number of anilines is 2. The van der Waals surface area contributed by atoms with E-state index in [-0.39, 0.29) is 30.4 Å². The third-order valence-electron chi connectivity index (χ3n) is 5.91. The fourth-order valence-electron chi connectivity index (χ4n) is 4.14. The van der Waals surface area contributed by atoms with Crippen molar-refractivity contribution < 1.29 is 31.5 Å². The minimum atomic E-state index is -4.27. The molecular weight excluding hydrogens is 461 g/mol. The van der Waals surface area contributed by atoms with Crippen molar-refractivity contribution in [3.05, 3.63) is 42.0 Å². The van der Waals surface area contributed by atoms with E-state index in [9.17, 15) is 22.4 Å². The lowest BCUT2D eigenvalue weighted by Crippen LogP contribution is -2.38. The van der Waals surface area contributed by atoms with Crippen LogP contribution in [0.3, 0.4) is 0 Å². The van der Waals surface area contributed by atoms with Crippen molar-refractivity contribution in [2.75, 3.05) is 36.0 Å². The normalized spacial score (nSPS) is 22.0. The second-order valence-corrected chi connectivity index (χ2v) is 8.57. The number of aromatic nitrogens is 2.